The summed E-state index contributed by atoms with van der Waals surface area (Å²) < 4.78 is 0. The van der Waals surface area contributed by atoms with Gasteiger partial charge in [-0.3, -0.25) is 0 Å². The van der Waals surface area contributed by atoms with Crippen molar-refractivity contribution in [1.82, 2.24) is 0 Å². The van der Waals surface area contributed by atoms with Crippen LogP contribution in [0.4, 0.5) is 34.1 Å². The highest BCUT2D eigenvalue weighted by Crippen LogP contribution is 2.18. The Morgan fingerprint density at radius 1 is 0.531 bits per heavy atom. The van der Waals surface area contributed by atoms with Gasteiger partial charge in [-0.25, -0.2) is 15.6 Å². The van der Waals surface area contributed by atoms with E-state index >= 15 is 0 Å². The van der Waals surface area contributed by atoms with Gasteiger partial charge in [0, 0.05) is 59.3 Å². The maximum Gasteiger partial charge on any atom is 0.358 e. The van der Waals surface area contributed by atoms with Crippen LogP contribution in [-0.2, 0) is 0 Å². The number of nitrogens with zero attached hydrogens (tertiary/aromatic N) is 3. The van der Waals surface area contributed by atoms with E-state index in [9.17, 15) is 0 Å². The van der Waals surface area contributed by atoms with Crippen LogP contribution >= 0.6 is 0 Å². The van der Waals surface area contributed by atoms with Crippen molar-refractivity contribution in [1.29, 1.82) is 0 Å². The fourth-order valence-electron chi connectivity index (χ4n) is 3.06. The minimum absolute atomic E-state index is 0. The standard InChI is InChI=1S/C25H32N6.ClH/c1-29(2)22-13-7-19(8-14-22)26-25(27-20-9-15-23(16-10-20)30(3)4)28-21-11-17-24(18-12-21)31(5)6;/h7-18H,1-6H3,(H2,26,27,28);1H. The SMILES string of the molecule is CN(C)c1ccc(NC(Nc2ccc(N(C)C)cc2)=[NH+]c2ccc(N(C)C)cc2)cc1.[Cl-]. The third kappa shape index (κ3) is 6.82. The van der Waals surface area contributed by atoms with Crippen LogP contribution in [0.2, 0.25) is 0 Å². The van der Waals surface area contributed by atoms with E-state index in [-0.39, 0.29) is 12.4 Å². The van der Waals surface area contributed by atoms with Gasteiger partial charge in [-0.15, -0.1) is 0 Å². The van der Waals surface area contributed by atoms with Crippen LogP contribution in [0.5, 0.6) is 0 Å². The van der Waals surface area contributed by atoms with E-state index in [0.717, 1.165) is 40.1 Å². The van der Waals surface area contributed by atoms with Crippen LogP contribution in [0.3, 0.4) is 0 Å². The van der Waals surface area contributed by atoms with Crippen LogP contribution in [0.1, 0.15) is 0 Å². The average molecular weight is 453 g/mol. The summed E-state index contributed by atoms with van der Waals surface area (Å²) in [5.74, 6) is 0.785. The summed E-state index contributed by atoms with van der Waals surface area (Å²) in [5, 5.41) is 6.94. The molecule has 170 valence electrons. The monoisotopic (exact) mass is 452 g/mol. The first kappa shape index (κ1) is 24.9. The number of hydrogen-bond acceptors (Lipinski definition) is 3. The van der Waals surface area contributed by atoms with E-state index in [2.05, 4.69) is 103 Å². The molecule has 0 heterocycles. The van der Waals surface area contributed by atoms with Crippen molar-refractivity contribution in [2.75, 3.05) is 67.6 Å². The number of halogens is 1. The molecule has 0 atom stereocenters. The lowest BCUT2D eigenvalue weighted by Crippen LogP contribution is -3.00. The van der Waals surface area contributed by atoms with E-state index in [1.54, 1.807) is 0 Å². The predicted molar refractivity (Wildman–Crippen MR) is 135 cm³/mol. The number of hydrogen-bond donors (Lipinski definition) is 3. The lowest BCUT2D eigenvalue weighted by molar-refractivity contribution is -0.353. The van der Waals surface area contributed by atoms with Crippen molar-refractivity contribution in [2.24, 2.45) is 0 Å². The van der Waals surface area contributed by atoms with Gasteiger partial charge in [0.2, 0.25) is 0 Å². The number of benzene rings is 3. The summed E-state index contributed by atoms with van der Waals surface area (Å²) >= 11 is 0. The largest absolute Gasteiger partial charge is 1.00 e. The van der Waals surface area contributed by atoms with Gasteiger partial charge in [0.25, 0.3) is 0 Å². The first-order chi connectivity index (χ1) is 14.8. The molecule has 0 saturated heterocycles. The second-order valence-corrected chi connectivity index (χ2v) is 8.07. The average Bonchev–Trinajstić information content (AvgIpc) is 2.75. The smallest absolute Gasteiger partial charge is 0.358 e. The quantitative estimate of drug-likeness (QED) is 0.368. The Bertz CT molecular complexity index is 939. The fourth-order valence-corrected chi connectivity index (χ4v) is 3.06. The number of guanidine groups is 1. The maximum atomic E-state index is 3.47. The molecule has 7 heteroatoms. The Balaban J connectivity index is 0.00000363. The summed E-state index contributed by atoms with van der Waals surface area (Å²) in [5.41, 5.74) is 6.46. The Kier molecular flexibility index (Phi) is 8.79. The van der Waals surface area contributed by atoms with Crippen LogP contribution < -0.4 is 42.7 Å². The molecule has 3 aromatic carbocycles. The molecule has 32 heavy (non-hydrogen) atoms. The van der Waals surface area contributed by atoms with Crippen molar-refractivity contribution < 1.29 is 17.4 Å². The maximum absolute atomic E-state index is 3.47. The molecule has 3 N–H and O–H groups in total. The topological polar surface area (TPSA) is 47.8 Å². The molecule has 0 amide bonds. The van der Waals surface area contributed by atoms with Gasteiger partial charge < -0.3 is 27.1 Å². The molecule has 0 unspecified atom stereocenters. The van der Waals surface area contributed by atoms with Crippen LogP contribution in [0.25, 0.3) is 0 Å². The van der Waals surface area contributed by atoms with Gasteiger partial charge in [0.05, 0.1) is 17.1 Å². The highest BCUT2D eigenvalue weighted by Gasteiger charge is 2.11. The fraction of sp³-hybridized carbons (Fsp3) is 0.240. The molecule has 0 bridgehead atoms. The van der Waals surface area contributed by atoms with E-state index < -0.39 is 0 Å². The third-order valence-electron chi connectivity index (χ3n) is 4.96. The van der Waals surface area contributed by atoms with Crippen molar-refractivity contribution in [3.8, 4) is 0 Å². The van der Waals surface area contributed by atoms with E-state index in [0.29, 0.717) is 0 Å². The van der Waals surface area contributed by atoms with Gasteiger partial charge in [-0.05, 0) is 72.8 Å². The second-order valence-electron chi connectivity index (χ2n) is 8.07. The van der Waals surface area contributed by atoms with Crippen LogP contribution in [0, 0.1) is 0 Å². The number of anilines is 5. The van der Waals surface area contributed by atoms with Crippen molar-refractivity contribution in [2.45, 2.75) is 0 Å². The Morgan fingerprint density at radius 2 is 0.844 bits per heavy atom. The molecule has 0 aliphatic rings. The molecule has 0 aliphatic carbocycles. The van der Waals surface area contributed by atoms with Crippen LogP contribution in [0.15, 0.2) is 72.8 Å². The first-order valence-electron chi connectivity index (χ1n) is 10.3. The number of nitrogens with one attached hydrogen (secondary N) is 3. The van der Waals surface area contributed by atoms with Crippen LogP contribution in [-0.4, -0.2) is 48.2 Å². The highest BCUT2D eigenvalue weighted by atomic mass is 35.5. The predicted octanol–water partition coefficient (Wildman–Crippen LogP) is 0.181. The highest BCUT2D eigenvalue weighted by molar-refractivity contribution is 6.00. The first-order valence-corrected chi connectivity index (χ1v) is 10.3. The summed E-state index contributed by atoms with van der Waals surface area (Å²) in [6.45, 7) is 0. The molecule has 0 fully saturated rings. The molecule has 3 aromatic rings. The zero-order valence-electron chi connectivity index (χ0n) is 19.6. The summed E-state index contributed by atoms with van der Waals surface area (Å²) in [4.78, 5) is 9.73. The molecule has 3 rings (SSSR count). The van der Waals surface area contributed by atoms with Gasteiger partial charge in [0.1, 0.15) is 0 Å². The van der Waals surface area contributed by atoms with Gasteiger partial charge >= 0.3 is 5.96 Å². The lowest BCUT2D eigenvalue weighted by atomic mass is 10.2. The second kappa shape index (κ2) is 11.3. The van der Waals surface area contributed by atoms with Crippen molar-refractivity contribution in [3.63, 3.8) is 0 Å². The Labute approximate surface area is 198 Å². The van der Waals surface area contributed by atoms with E-state index in [1.807, 2.05) is 42.3 Å². The summed E-state index contributed by atoms with van der Waals surface area (Å²) in [7, 11) is 12.2. The molecule has 6 nitrogen and oxygen atoms in total. The zero-order valence-corrected chi connectivity index (χ0v) is 20.4. The molecule has 0 spiro atoms. The number of rotatable bonds is 6. The normalized spacial score (nSPS) is 9.94. The molecule has 0 saturated carbocycles. The van der Waals surface area contributed by atoms with Crippen molar-refractivity contribution in [3.05, 3.63) is 72.8 Å². The minimum Gasteiger partial charge on any atom is -1.00 e. The van der Waals surface area contributed by atoms with Gasteiger partial charge in [-0.1, -0.05) is 0 Å². The van der Waals surface area contributed by atoms with E-state index in [1.165, 1.54) is 0 Å². The summed E-state index contributed by atoms with van der Waals surface area (Å²) in [6, 6.07) is 25.0. The Hall–Kier alpha value is -3.38. The molecular formula is C25H33ClN6. The summed E-state index contributed by atoms with van der Waals surface area (Å²) in [6.07, 6.45) is 0. The van der Waals surface area contributed by atoms with Gasteiger partial charge in [0.15, 0.2) is 0 Å². The van der Waals surface area contributed by atoms with E-state index in [4.69, 9.17) is 0 Å². The molecule has 0 aromatic heterocycles. The molecule has 0 radical (unpaired) electrons. The minimum atomic E-state index is 0. The lowest BCUT2D eigenvalue weighted by Gasteiger charge is -2.14. The Morgan fingerprint density at radius 3 is 1.16 bits per heavy atom. The van der Waals surface area contributed by atoms with Crippen molar-refractivity contribution >= 4 is 40.1 Å². The third-order valence-corrected chi connectivity index (χ3v) is 4.96. The zero-order chi connectivity index (χ0) is 22.4. The molecular weight excluding hydrogens is 420 g/mol. The van der Waals surface area contributed by atoms with Gasteiger partial charge in [-0.2, -0.15) is 0 Å². The molecule has 0 aliphatic heterocycles.